The minimum atomic E-state index is -0.842. The number of nitrogens with zero attached hydrogens (tertiary/aromatic N) is 1. The monoisotopic (exact) mass is 287 g/mol. The van der Waals surface area contributed by atoms with E-state index in [1.165, 1.54) is 5.56 Å². The Hall–Kier alpha value is -1.77. The van der Waals surface area contributed by atoms with E-state index < -0.39 is 5.97 Å². The van der Waals surface area contributed by atoms with Crippen LogP contribution in [0.25, 0.3) is 10.9 Å². The lowest BCUT2D eigenvalue weighted by Crippen LogP contribution is -2.06. The van der Waals surface area contributed by atoms with Crippen LogP contribution in [0.15, 0.2) is 18.3 Å². The minimum absolute atomic E-state index is 0.251. The molecule has 2 aromatic rings. The highest BCUT2D eigenvalue weighted by molar-refractivity contribution is 6.04. The first-order valence-corrected chi connectivity index (χ1v) is 7.77. The molecule has 0 spiro atoms. The second-order valence-electron chi connectivity index (χ2n) is 6.33. The summed E-state index contributed by atoms with van der Waals surface area (Å²) < 4.78 is 2.11. The van der Waals surface area contributed by atoms with Gasteiger partial charge in [-0.2, -0.15) is 0 Å². The zero-order chi connectivity index (χ0) is 15.7. The summed E-state index contributed by atoms with van der Waals surface area (Å²) in [4.78, 5) is 11.7. The highest BCUT2D eigenvalue weighted by Gasteiger charge is 2.19. The number of hydrogen-bond acceptors (Lipinski definition) is 1. The first kappa shape index (κ1) is 15.6. The van der Waals surface area contributed by atoms with Crippen molar-refractivity contribution < 1.29 is 9.90 Å². The van der Waals surface area contributed by atoms with Gasteiger partial charge in [0.15, 0.2) is 0 Å². The molecular formula is C18H25NO2. The summed E-state index contributed by atoms with van der Waals surface area (Å²) in [5.41, 5.74) is 3.64. The number of fused-ring (bicyclic) bond motifs is 1. The van der Waals surface area contributed by atoms with Crippen LogP contribution in [0, 0.1) is 0 Å². The molecule has 0 radical (unpaired) electrons. The highest BCUT2D eigenvalue weighted by atomic mass is 16.4. The van der Waals surface area contributed by atoms with E-state index in [-0.39, 0.29) is 6.04 Å². The molecule has 0 fully saturated rings. The molecule has 0 aliphatic heterocycles. The van der Waals surface area contributed by atoms with Crippen LogP contribution in [-0.4, -0.2) is 15.6 Å². The Morgan fingerprint density at radius 2 is 1.90 bits per heavy atom. The van der Waals surface area contributed by atoms with Crippen LogP contribution in [0.5, 0.6) is 0 Å². The molecule has 1 N–H and O–H groups in total. The Morgan fingerprint density at radius 3 is 2.38 bits per heavy atom. The van der Waals surface area contributed by atoms with Crippen LogP contribution < -0.4 is 0 Å². The van der Waals surface area contributed by atoms with Gasteiger partial charge >= 0.3 is 5.97 Å². The summed E-state index contributed by atoms with van der Waals surface area (Å²) in [7, 11) is 0. The maximum atomic E-state index is 11.7. The molecule has 3 nitrogen and oxygen atoms in total. The molecule has 0 unspecified atom stereocenters. The van der Waals surface area contributed by atoms with Crippen molar-refractivity contribution in [3.05, 3.63) is 35.0 Å². The fourth-order valence-electron chi connectivity index (χ4n) is 2.85. The maximum Gasteiger partial charge on any atom is 0.337 e. The fraction of sp³-hybridized carbons (Fsp3) is 0.500. The van der Waals surface area contributed by atoms with E-state index in [9.17, 15) is 9.90 Å². The van der Waals surface area contributed by atoms with Crippen LogP contribution in [0.2, 0.25) is 0 Å². The quantitative estimate of drug-likeness (QED) is 0.841. The van der Waals surface area contributed by atoms with E-state index in [0.717, 1.165) is 29.3 Å². The average molecular weight is 287 g/mol. The summed E-state index contributed by atoms with van der Waals surface area (Å²) in [6, 6.07) is 4.27. The van der Waals surface area contributed by atoms with Gasteiger partial charge in [0.2, 0.25) is 0 Å². The van der Waals surface area contributed by atoms with Gasteiger partial charge in [-0.25, -0.2) is 4.79 Å². The van der Waals surface area contributed by atoms with Crippen molar-refractivity contribution in [1.29, 1.82) is 0 Å². The second kappa shape index (κ2) is 5.92. The van der Waals surface area contributed by atoms with Crippen LogP contribution in [0.1, 0.15) is 74.5 Å². The fourth-order valence-corrected chi connectivity index (χ4v) is 2.85. The van der Waals surface area contributed by atoms with Gasteiger partial charge in [-0.3, -0.25) is 0 Å². The Labute approximate surface area is 126 Å². The molecule has 0 atom stereocenters. The molecule has 0 aliphatic rings. The lowest BCUT2D eigenvalue weighted by atomic mass is 9.96. The van der Waals surface area contributed by atoms with Crippen LogP contribution in [0.3, 0.4) is 0 Å². The summed E-state index contributed by atoms with van der Waals surface area (Å²) in [5, 5.41) is 10.7. The van der Waals surface area contributed by atoms with Gasteiger partial charge in [-0.05, 0) is 49.4 Å². The van der Waals surface area contributed by atoms with Crippen LogP contribution >= 0.6 is 0 Å². The number of aryl methyl sites for hydroxylation is 1. The zero-order valence-corrected chi connectivity index (χ0v) is 13.6. The standard InChI is InChI=1S/C18H25NO2/c1-6-7-13-10-19(12(4)5)17-15(13)8-14(11(2)3)9-16(17)18(20)21/h8-12H,6-7H2,1-5H3,(H,20,21). The number of aromatic carboxylic acids is 1. The van der Waals surface area contributed by atoms with Crippen LogP contribution in [-0.2, 0) is 6.42 Å². The SMILES string of the molecule is CCCc1cn(C(C)C)c2c(C(=O)O)cc(C(C)C)cc12. The topological polar surface area (TPSA) is 42.2 Å². The molecular weight excluding hydrogens is 262 g/mol. The van der Waals surface area contributed by atoms with Gasteiger partial charge in [0.25, 0.3) is 0 Å². The molecule has 0 bridgehead atoms. The lowest BCUT2D eigenvalue weighted by Gasteiger charge is -2.13. The number of carboxylic acids is 1. The Balaban J connectivity index is 2.86. The van der Waals surface area contributed by atoms with Crippen molar-refractivity contribution in [1.82, 2.24) is 4.57 Å². The molecule has 114 valence electrons. The molecule has 0 aliphatic carbocycles. The van der Waals surface area contributed by atoms with Crippen molar-refractivity contribution in [2.24, 2.45) is 0 Å². The van der Waals surface area contributed by atoms with Crippen molar-refractivity contribution >= 4 is 16.9 Å². The third-order valence-electron chi connectivity index (χ3n) is 4.00. The molecule has 2 rings (SSSR count). The molecule has 0 saturated heterocycles. The van der Waals surface area contributed by atoms with E-state index >= 15 is 0 Å². The summed E-state index contributed by atoms with van der Waals surface area (Å²) in [6.07, 6.45) is 4.18. The van der Waals surface area contributed by atoms with Gasteiger partial charge in [0.05, 0.1) is 11.1 Å². The van der Waals surface area contributed by atoms with Gasteiger partial charge in [-0.15, -0.1) is 0 Å². The summed E-state index contributed by atoms with van der Waals surface area (Å²) in [5.74, 6) is -0.519. The van der Waals surface area contributed by atoms with E-state index in [2.05, 4.69) is 51.4 Å². The second-order valence-corrected chi connectivity index (χ2v) is 6.33. The third kappa shape index (κ3) is 2.82. The molecule has 0 saturated carbocycles. The highest BCUT2D eigenvalue weighted by Crippen LogP contribution is 2.32. The average Bonchev–Trinajstić information content (AvgIpc) is 2.77. The summed E-state index contributed by atoms with van der Waals surface area (Å²) >= 11 is 0. The molecule has 1 aromatic carbocycles. The zero-order valence-electron chi connectivity index (χ0n) is 13.6. The number of aromatic nitrogens is 1. The van der Waals surface area contributed by atoms with Gasteiger partial charge in [0, 0.05) is 17.6 Å². The predicted molar refractivity (Wildman–Crippen MR) is 87.4 cm³/mol. The number of rotatable bonds is 5. The largest absolute Gasteiger partial charge is 0.478 e. The van der Waals surface area contributed by atoms with Crippen molar-refractivity contribution in [2.75, 3.05) is 0 Å². The van der Waals surface area contributed by atoms with Crippen LogP contribution in [0.4, 0.5) is 0 Å². The third-order valence-corrected chi connectivity index (χ3v) is 4.00. The molecule has 21 heavy (non-hydrogen) atoms. The molecule has 1 heterocycles. The smallest absolute Gasteiger partial charge is 0.337 e. The molecule has 1 aromatic heterocycles. The van der Waals surface area contributed by atoms with Gasteiger partial charge < -0.3 is 9.67 Å². The Bertz CT molecular complexity index is 665. The molecule has 0 amide bonds. The van der Waals surface area contributed by atoms with Crippen molar-refractivity contribution in [2.45, 2.75) is 59.4 Å². The first-order chi connectivity index (χ1) is 9.86. The number of carboxylic acid groups (broad SMARTS) is 1. The van der Waals surface area contributed by atoms with E-state index in [0.29, 0.717) is 11.5 Å². The Kier molecular flexibility index (Phi) is 4.40. The van der Waals surface area contributed by atoms with Crippen molar-refractivity contribution in [3.63, 3.8) is 0 Å². The lowest BCUT2D eigenvalue weighted by molar-refractivity contribution is 0.0698. The molecule has 3 heteroatoms. The number of carbonyl (C=O) groups is 1. The number of hydrogen-bond donors (Lipinski definition) is 1. The van der Waals surface area contributed by atoms with Gasteiger partial charge in [0.1, 0.15) is 0 Å². The number of benzene rings is 1. The van der Waals surface area contributed by atoms with E-state index in [1.807, 2.05) is 6.07 Å². The summed E-state index contributed by atoms with van der Waals surface area (Å²) in [6.45, 7) is 10.6. The Morgan fingerprint density at radius 1 is 1.24 bits per heavy atom. The van der Waals surface area contributed by atoms with E-state index in [4.69, 9.17) is 0 Å². The van der Waals surface area contributed by atoms with Crippen molar-refractivity contribution in [3.8, 4) is 0 Å². The maximum absolute atomic E-state index is 11.7. The normalized spacial score (nSPS) is 11.8. The minimum Gasteiger partial charge on any atom is -0.478 e. The van der Waals surface area contributed by atoms with Gasteiger partial charge in [-0.1, -0.05) is 27.2 Å². The first-order valence-electron chi connectivity index (χ1n) is 7.77. The van der Waals surface area contributed by atoms with E-state index in [1.54, 1.807) is 0 Å². The predicted octanol–water partition coefficient (Wildman–Crippen LogP) is 5.00.